The summed E-state index contributed by atoms with van der Waals surface area (Å²) in [4.78, 5) is 16.6. The molecule has 0 aliphatic carbocycles. The number of hydrogen-bond acceptors (Lipinski definition) is 5. The molecule has 1 N–H and O–H groups in total. The number of nitrogens with zero attached hydrogens (tertiary/aromatic N) is 1. The molecule has 8 heteroatoms. The molecule has 0 unspecified atom stereocenters. The third-order valence-electron chi connectivity index (χ3n) is 4.62. The fraction of sp³-hybridized carbons (Fsp3) is 0.182. The highest BCUT2D eigenvalue weighted by Crippen LogP contribution is 2.32. The number of carbonyl (C=O) groups excluding carboxylic acids is 1. The van der Waals surface area contributed by atoms with Crippen molar-refractivity contribution < 1.29 is 19.0 Å². The molecule has 3 aromatic rings. The van der Waals surface area contributed by atoms with Gasteiger partial charge in [-0.2, -0.15) is 0 Å². The van der Waals surface area contributed by atoms with Gasteiger partial charge in [0.2, 0.25) is 5.88 Å². The van der Waals surface area contributed by atoms with Crippen LogP contribution in [-0.2, 0) is 15.3 Å². The van der Waals surface area contributed by atoms with Crippen LogP contribution in [0, 0.1) is 0 Å². The van der Waals surface area contributed by atoms with E-state index in [1.165, 1.54) is 12.3 Å². The number of nitrogens with one attached hydrogen (secondary N) is 1. The van der Waals surface area contributed by atoms with Crippen molar-refractivity contribution in [1.82, 2.24) is 4.98 Å². The lowest BCUT2D eigenvalue weighted by Crippen LogP contribution is -2.22. The lowest BCUT2D eigenvalue weighted by Gasteiger charge is -2.22. The number of pyridine rings is 1. The van der Waals surface area contributed by atoms with Crippen molar-refractivity contribution in [2.45, 2.75) is 12.7 Å². The van der Waals surface area contributed by atoms with Crippen molar-refractivity contribution in [3.63, 3.8) is 0 Å². The Balaban J connectivity index is 1.38. The highest BCUT2D eigenvalue weighted by molar-refractivity contribution is 6.42. The van der Waals surface area contributed by atoms with Crippen LogP contribution in [0.5, 0.6) is 11.6 Å². The Morgan fingerprint density at radius 1 is 1.03 bits per heavy atom. The zero-order valence-electron chi connectivity index (χ0n) is 16.0. The largest absolute Gasteiger partial charge is 0.439 e. The summed E-state index contributed by atoms with van der Waals surface area (Å²) in [5, 5.41) is 3.46. The van der Waals surface area contributed by atoms with Gasteiger partial charge in [-0.25, -0.2) is 4.98 Å². The van der Waals surface area contributed by atoms with Crippen molar-refractivity contribution in [2.75, 3.05) is 18.5 Å². The van der Waals surface area contributed by atoms with Crippen molar-refractivity contribution >= 4 is 34.8 Å². The molecule has 1 aliphatic heterocycles. The van der Waals surface area contributed by atoms with E-state index < -0.39 is 5.79 Å². The molecular formula is C22H18Cl2N2O4. The average molecular weight is 445 g/mol. The Bertz CT molecular complexity index is 1050. The quantitative estimate of drug-likeness (QED) is 0.550. The second-order valence-electron chi connectivity index (χ2n) is 6.74. The predicted octanol–water partition coefficient (Wildman–Crippen LogP) is 5.65. The fourth-order valence-electron chi connectivity index (χ4n) is 2.98. The van der Waals surface area contributed by atoms with Crippen LogP contribution in [0.15, 0.2) is 60.8 Å². The number of amides is 1. The molecule has 30 heavy (non-hydrogen) atoms. The molecule has 1 saturated heterocycles. The second kappa shape index (κ2) is 8.62. The lowest BCUT2D eigenvalue weighted by molar-refractivity contribution is -0.149. The van der Waals surface area contributed by atoms with Crippen LogP contribution in [0.2, 0.25) is 10.0 Å². The first kappa shape index (κ1) is 20.6. The van der Waals surface area contributed by atoms with Gasteiger partial charge in [0.25, 0.3) is 5.91 Å². The van der Waals surface area contributed by atoms with E-state index in [9.17, 15) is 4.79 Å². The molecule has 4 rings (SSSR count). The van der Waals surface area contributed by atoms with Crippen LogP contribution < -0.4 is 10.1 Å². The van der Waals surface area contributed by atoms with Gasteiger partial charge in [-0.3, -0.25) is 4.79 Å². The summed E-state index contributed by atoms with van der Waals surface area (Å²) in [5.74, 6) is -0.00919. The standard InChI is InChI=1S/C22H18Cl2N2O4/c1-22(28-10-11-29-22)15-3-6-17(7-4-15)30-20-9-5-16(13-25-20)26-21(27)14-2-8-18(23)19(24)12-14/h2-9,12-13H,10-11H2,1H3,(H,26,27). The summed E-state index contributed by atoms with van der Waals surface area (Å²) in [6.07, 6.45) is 1.51. The minimum Gasteiger partial charge on any atom is -0.439 e. The number of aromatic nitrogens is 1. The van der Waals surface area contributed by atoms with Gasteiger partial charge in [0.05, 0.1) is 35.1 Å². The molecule has 1 amide bonds. The van der Waals surface area contributed by atoms with Crippen molar-refractivity contribution in [1.29, 1.82) is 0 Å². The molecule has 1 aliphatic rings. The molecule has 0 bridgehead atoms. The monoisotopic (exact) mass is 444 g/mol. The summed E-state index contributed by atoms with van der Waals surface area (Å²) in [7, 11) is 0. The lowest BCUT2D eigenvalue weighted by atomic mass is 10.1. The SMILES string of the molecule is CC1(c2ccc(Oc3ccc(NC(=O)c4ccc(Cl)c(Cl)c4)cn3)cc2)OCCO1. The number of halogens is 2. The van der Waals surface area contributed by atoms with Gasteiger partial charge >= 0.3 is 0 Å². The number of anilines is 1. The molecule has 0 atom stereocenters. The van der Waals surface area contributed by atoms with Gasteiger partial charge < -0.3 is 19.5 Å². The zero-order chi connectivity index (χ0) is 21.1. The molecule has 0 radical (unpaired) electrons. The third kappa shape index (κ3) is 4.57. The van der Waals surface area contributed by atoms with Crippen molar-refractivity contribution in [2.24, 2.45) is 0 Å². The molecule has 154 valence electrons. The highest BCUT2D eigenvalue weighted by atomic mass is 35.5. The minimum absolute atomic E-state index is 0.315. The topological polar surface area (TPSA) is 69.7 Å². The average Bonchev–Trinajstić information content (AvgIpc) is 3.19. The molecule has 0 spiro atoms. The van der Waals surface area contributed by atoms with Crippen LogP contribution in [0.3, 0.4) is 0 Å². The van der Waals surface area contributed by atoms with E-state index in [0.717, 1.165) is 5.56 Å². The number of hydrogen-bond donors (Lipinski definition) is 1. The highest BCUT2D eigenvalue weighted by Gasteiger charge is 2.32. The third-order valence-corrected chi connectivity index (χ3v) is 5.35. The van der Waals surface area contributed by atoms with E-state index in [4.69, 9.17) is 37.4 Å². The molecule has 2 aromatic carbocycles. The summed E-state index contributed by atoms with van der Waals surface area (Å²) >= 11 is 11.8. The Labute approximate surface area is 183 Å². The number of rotatable bonds is 5. The summed E-state index contributed by atoms with van der Waals surface area (Å²) < 4.78 is 17.1. The summed E-state index contributed by atoms with van der Waals surface area (Å²) in [5.41, 5.74) is 1.84. The smallest absolute Gasteiger partial charge is 0.255 e. The van der Waals surface area contributed by atoms with Gasteiger partial charge in [0.1, 0.15) is 5.75 Å². The normalized spacial score (nSPS) is 15.0. The Morgan fingerprint density at radius 3 is 2.40 bits per heavy atom. The first-order valence-corrected chi connectivity index (χ1v) is 9.97. The molecule has 1 aromatic heterocycles. The van der Waals surface area contributed by atoms with Crippen LogP contribution >= 0.6 is 23.2 Å². The molecule has 1 fully saturated rings. The van der Waals surface area contributed by atoms with Gasteiger partial charge in [0.15, 0.2) is 5.79 Å². The van der Waals surface area contributed by atoms with E-state index in [0.29, 0.717) is 46.1 Å². The molecule has 2 heterocycles. The van der Waals surface area contributed by atoms with E-state index in [1.54, 1.807) is 24.3 Å². The van der Waals surface area contributed by atoms with Gasteiger partial charge in [-0.15, -0.1) is 0 Å². The van der Waals surface area contributed by atoms with Crippen LogP contribution in [-0.4, -0.2) is 24.1 Å². The van der Waals surface area contributed by atoms with Crippen molar-refractivity contribution in [3.05, 3.63) is 82.0 Å². The molecular weight excluding hydrogens is 427 g/mol. The zero-order valence-corrected chi connectivity index (χ0v) is 17.5. The van der Waals surface area contributed by atoms with Crippen LogP contribution in [0.25, 0.3) is 0 Å². The van der Waals surface area contributed by atoms with Crippen LogP contribution in [0.4, 0.5) is 5.69 Å². The van der Waals surface area contributed by atoms with Gasteiger partial charge in [-0.05, 0) is 55.5 Å². The fourth-order valence-corrected chi connectivity index (χ4v) is 3.28. The van der Waals surface area contributed by atoms with E-state index >= 15 is 0 Å². The maximum atomic E-state index is 12.3. The first-order valence-electron chi connectivity index (χ1n) is 9.22. The second-order valence-corrected chi connectivity index (χ2v) is 7.55. The predicted molar refractivity (Wildman–Crippen MR) is 114 cm³/mol. The van der Waals surface area contributed by atoms with E-state index in [2.05, 4.69) is 10.3 Å². The minimum atomic E-state index is -0.717. The Hall–Kier alpha value is -2.64. The van der Waals surface area contributed by atoms with Gasteiger partial charge in [0, 0.05) is 17.2 Å². The summed E-state index contributed by atoms with van der Waals surface area (Å²) in [6, 6.07) is 15.5. The Kier molecular flexibility index (Phi) is 5.92. The van der Waals surface area contributed by atoms with E-state index in [-0.39, 0.29) is 5.91 Å². The number of benzene rings is 2. The Morgan fingerprint density at radius 2 is 1.77 bits per heavy atom. The molecule has 6 nitrogen and oxygen atoms in total. The molecule has 0 saturated carbocycles. The van der Waals surface area contributed by atoms with Crippen LogP contribution in [0.1, 0.15) is 22.8 Å². The maximum Gasteiger partial charge on any atom is 0.255 e. The van der Waals surface area contributed by atoms with Crippen molar-refractivity contribution in [3.8, 4) is 11.6 Å². The number of ether oxygens (including phenoxy) is 3. The number of carbonyl (C=O) groups is 1. The first-order chi connectivity index (χ1) is 14.4. The summed E-state index contributed by atoms with van der Waals surface area (Å²) in [6.45, 7) is 3.04. The van der Waals surface area contributed by atoms with E-state index in [1.807, 2.05) is 31.2 Å². The van der Waals surface area contributed by atoms with Gasteiger partial charge in [-0.1, -0.05) is 23.2 Å². The maximum absolute atomic E-state index is 12.3.